The molecule has 0 unspecified atom stereocenters. The first-order valence-electron chi connectivity index (χ1n) is 11.4. The Morgan fingerprint density at radius 2 is 1.97 bits per heavy atom. The number of rotatable bonds is 5. The molecular formula is C26H26BrClN4O2. The number of hydrogen-bond donors (Lipinski definition) is 0. The number of aromatic nitrogens is 3. The van der Waals surface area contributed by atoms with Gasteiger partial charge in [-0.3, -0.25) is 19.2 Å². The Hall–Kier alpha value is -2.61. The third-order valence-corrected chi connectivity index (χ3v) is 7.52. The first-order chi connectivity index (χ1) is 16.4. The molecule has 176 valence electrons. The van der Waals surface area contributed by atoms with Gasteiger partial charge in [-0.25, -0.2) is 0 Å². The minimum absolute atomic E-state index is 0.148. The molecule has 1 aliphatic heterocycles. The van der Waals surface area contributed by atoms with Gasteiger partial charge in [-0.1, -0.05) is 11.6 Å². The average molecular weight is 542 g/mol. The van der Waals surface area contributed by atoms with Crippen LogP contribution in [0.4, 0.5) is 0 Å². The van der Waals surface area contributed by atoms with Gasteiger partial charge < -0.3 is 9.30 Å². The first-order valence-corrected chi connectivity index (χ1v) is 12.6. The van der Waals surface area contributed by atoms with Gasteiger partial charge in [0.15, 0.2) is 0 Å². The van der Waals surface area contributed by atoms with E-state index in [0.717, 1.165) is 47.3 Å². The second kappa shape index (κ2) is 9.56. The zero-order chi connectivity index (χ0) is 23.8. The maximum Gasteiger partial charge on any atom is 0.258 e. The van der Waals surface area contributed by atoms with Crippen LogP contribution >= 0.6 is 27.5 Å². The predicted octanol–water partition coefficient (Wildman–Crippen LogP) is 5.45. The summed E-state index contributed by atoms with van der Waals surface area (Å²) in [5.74, 6) is 0.505. The van der Waals surface area contributed by atoms with Crippen molar-refractivity contribution in [3.63, 3.8) is 0 Å². The van der Waals surface area contributed by atoms with Crippen molar-refractivity contribution in [1.29, 1.82) is 0 Å². The summed E-state index contributed by atoms with van der Waals surface area (Å²) in [7, 11) is 0. The van der Waals surface area contributed by atoms with E-state index in [0.29, 0.717) is 16.8 Å². The summed E-state index contributed by atoms with van der Waals surface area (Å²) in [5, 5.41) is 1.71. The van der Waals surface area contributed by atoms with Crippen molar-refractivity contribution in [2.24, 2.45) is 0 Å². The van der Waals surface area contributed by atoms with Crippen molar-refractivity contribution >= 4 is 38.4 Å². The molecule has 0 bridgehead atoms. The Balaban J connectivity index is 1.40. The Bertz CT molecular complexity index is 1390. The van der Waals surface area contributed by atoms with Crippen molar-refractivity contribution in [2.45, 2.75) is 39.5 Å². The van der Waals surface area contributed by atoms with Gasteiger partial charge in [0.05, 0.1) is 10.7 Å². The van der Waals surface area contributed by atoms with E-state index in [1.807, 2.05) is 6.07 Å². The molecule has 0 aliphatic carbocycles. The molecule has 1 aliphatic rings. The van der Waals surface area contributed by atoms with Crippen LogP contribution in [-0.2, 0) is 19.6 Å². The van der Waals surface area contributed by atoms with Crippen molar-refractivity contribution < 1.29 is 4.74 Å². The summed E-state index contributed by atoms with van der Waals surface area (Å²) >= 11 is 9.72. The number of fused-ring (bicyclic) bond motifs is 3. The number of pyridine rings is 2. The van der Waals surface area contributed by atoms with Gasteiger partial charge in [0.2, 0.25) is 0 Å². The van der Waals surface area contributed by atoms with Crippen LogP contribution in [0, 0.1) is 0 Å². The molecule has 0 radical (unpaired) electrons. The number of hydrogen-bond acceptors (Lipinski definition) is 4. The number of nitrogens with zero attached hydrogens (tertiary/aromatic N) is 4. The molecule has 8 heteroatoms. The van der Waals surface area contributed by atoms with Gasteiger partial charge in [-0.2, -0.15) is 0 Å². The van der Waals surface area contributed by atoms with Crippen LogP contribution in [-0.4, -0.2) is 38.1 Å². The summed E-state index contributed by atoms with van der Waals surface area (Å²) in [4.78, 5) is 19.6. The maximum atomic E-state index is 12.9. The zero-order valence-electron chi connectivity index (χ0n) is 19.2. The molecule has 34 heavy (non-hydrogen) atoms. The summed E-state index contributed by atoms with van der Waals surface area (Å²) < 4.78 is 10.9. The summed E-state index contributed by atoms with van der Waals surface area (Å²) in [6.07, 6.45) is 4.33. The fraction of sp³-hybridized carbons (Fsp3) is 0.308. The summed E-state index contributed by atoms with van der Waals surface area (Å²) in [6, 6.07) is 13.6. The molecule has 4 aromatic rings. The normalized spacial score (nSPS) is 14.4. The Morgan fingerprint density at radius 1 is 1.12 bits per heavy atom. The quantitative estimate of drug-likeness (QED) is 0.337. The van der Waals surface area contributed by atoms with Crippen LogP contribution in [0.2, 0.25) is 5.02 Å². The van der Waals surface area contributed by atoms with Crippen LogP contribution in [0.3, 0.4) is 0 Å². The van der Waals surface area contributed by atoms with Crippen molar-refractivity contribution in [3.8, 4) is 11.4 Å². The zero-order valence-corrected chi connectivity index (χ0v) is 21.5. The SMILES string of the molecule is CC(C)N1CCc2c(Br)c3cc(-n4ccc(OCc5ccc(Cl)cn5)cc4=O)ccc3n2CC1. The Morgan fingerprint density at radius 3 is 2.71 bits per heavy atom. The highest BCUT2D eigenvalue weighted by Crippen LogP contribution is 2.34. The summed E-state index contributed by atoms with van der Waals surface area (Å²) in [6.45, 7) is 7.82. The largest absolute Gasteiger partial charge is 0.487 e. The number of halogens is 2. The smallest absolute Gasteiger partial charge is 0.258 e. The second-order valence-corrected chi connectivity index (χ2v) is 10.1. The van der Waals surface area contributed by atoms with Crippen molar-refractivity contribution in [3.05, 3.63) is 86.1 Å². The molecule has 1 aromatic carbocycles. The highest BCUT2D eigenvalue weighted by Gasteiger charge is 2.22. The third kappa shape index (κ3) is 4.52. The minimum atomic E-state index is -0.148. The molecule has 0 saturated heterocycles. The Labute approximate surface area is 211 Å². The van der Waals surface area contributed by atoms with E-state index in [9.17, 15) is 4.79 Å². The first kappa shape index (κ1) is 23.1. The molecule has 0 spiro atoms. The molecular weight excluding hydrogens is 516 g/mol. The molecule has 0 amide bonds. The predicted molar refractivity (Wildman–Crippen MR) is 139 cm³/mol. The molecule has 5 rings (SSSR count). The molecule has 0 atom stereocenters. The molecule has 6 nitrogen and oxygen atoms in total. The maximum absolute atomic E-state index is 12.9. The topological polar surface area (TPSA) is 52.3 Å². The average Bonchev–Trinajstić information content (AvgIpc) is 2.97. The van der Waals surface area contributed by atoms with Gasteiger partial charge in [0, 0.05) is 77.3 Å². The molecule has 0 N–H and O–H groups in total. The van der Waals surface area contributed by atoms with Crippen LogP contribution in [0.15, 0.2) is 64.1 Å². The lowest BCUT2D eigenvalue weighted by molar-refractivity contribution is 0.227. The third-order valence-electron chi connectivity index (χ3n) is 6.41. The van der Waals surface area contributed by atoms with E-state index in [1.54, 1.807) is 35.2 Å². The fourth-order valence-corrected chi connectivity index (χ4v) is 5.37. The van der Waals surface area contributed by atoms with Crippen LogP contribution < -0.4 is 10.3 Å². The lowest BCUT2D eigenvalue weighted by atomic mass is 10.2. The van der Waals surface area contributed by atoms with E-state index in [1.165, 1.54) is 17.3 Å². The molecule has 0 fully saturated rings. The van der Waals surface area contributed by atoms with E-state index in [-0.39, 0.29) is 12.2 Å². The van der Waals surface area contributed by atoms with Crippen molar-refractivity contribution in [2.75, 3.05) is 13.1 Å². The van der Waals surface area contributed by atoms with Crippen LogP contribution in [0.1, 0.15) is 25.2 Å². The lowest BCUT2D eigenvalue weighted by Crippen LogP contribution is -2.33. The second-order valence-electron chi connectivity index (χ2n) is 8.82. The molecule has 4 heterocycles. The summed E-state index contributed by atoms with van der Waals surface area (Å²) in [5.41, 5.74) is 3.94. The Kier molecular flexibility index (Phi) is 6.51. The van der Waals surface area contributed by atoms with Gasteiger partial charge in [-0.15, -0.1) is 0 Å². The van der Waals surface area contributed by atoms with Gasteiger partial charge in [0.25, 0.3) is 5.56 Å². The van der Waals surface area contributed by atoms with Crippen LogP contribution in [0.5, 0.6) is 5.75 Å². The standard InChI is InChI=1S/C26H26BrClN4O2/c1-17(2)30-9-8-24-26(27)22-13-20(5-6-23(22)32(24)12-11-30)31-10-7-21(14-25(31)33)34-16-19-4-3-18(28)15-29-19/h3-7,10,13-15,17H,8-9,11-12,16H2,1-2H3. The molecule has 0 saturated carbocycles. The van der Waals surface area contributed by atoms with E-state index in [2.05, 4.69) is 56.4 Å². The highest BCUT2D eigenvalue weighted by atomic mass is 79.9. The lowest BCUT2D eigenvalue weighted by Gasteiger charge is -2.23. The highest BCUT2D eigenvalue weighted by molar-refractivity contribution is 9.10. The van der Waals surface area contributed by atoms with Gasteiger partial charge in [0.1, 0.15) is 12.4 Å². The van der Waals surface area contributed by atoms with Crippen molar-refractivity contribution in [1.82, 2.24) is 19.0 Å². The molecule has 3 aromatic heterocycles. The number of benzene rings is 1. The van der Waals surface area contributed by atoms with E-state index >= 15 is 0 Å². The van der Waals surface area contributed by atoms with Gasteiger partial charge in [-0.05, 0) is 66.2 Å². The van der Waals surface area contributed by atoms with E-state index < -0.39 is 0 Å². The van der Waals surface area contributed by atoms with E-state index in [4.69, 9.17) is 16.3 Å². The van der Waals surface area contributed by atoms with Crippen LogP contribution in [0.25, 0.3) is 16.6 Å². The fourth-order valence-electron chi connectivity index (χ4n) is 4.52. The van der Waals surface area contributed by atoms with Gasteiger partial charge >= 0.3 is 0 Å². The number of ether oxygens (including phenoxy) is 1. The minimum Gasteiger partial charge on any atom is -0.487 e. The monoisotopic (exact) mass is 540 g/mol.